The van der Waals surface area contributed by atoms with Gasteiger partial charge in [-0.1, -0.05) is 51.1 Å². The summed E-state index contributed by atoms with van der Waals surface area (Å²) in [6.07, 6.45) is 3.00. The van der Waals surface area contributed by atoms with Gasteiger partial charge in [-0.15, -0.1) is 0 Å². The van der Waals surface area contributed by atoms with E-state index >= 15 is 4.39 Å². The molecule has 0 saturated heterocycles. The van der Waals surface area contributed by atoms with Crippen LogP contribution in [0, 0.1) is 23.0 Å². The number of sulfone groups is 1. The van der Waals surface area contributed by atoms with Crippen molar-refractivity contribution in [1.82, 2.24) is 25.0 Å². The Balaban J connectivity index is 1.49. The van der Waals surface area contributed by atoms with Gasteiger partial charge in [-0.2, -0.15) is 11.8 Å². The number of Topliss-reactive ketones (excluding diaryl/α,β-unsaturated/α-hetero) is 1. The van der Waals surface area contributed by atoms with Gasteiger partial charge in [-0.25, -0.2) is 17.2 Å². The number of imide groups is 1. The predicted molar refractivity (Wildman–Crippen MR) is 241 cm³/mol. The maximum atomic E-state index is 15.2. The molecular formula is C45H56F2N6O10S2. The molecule has 352 valence electrons. The van der Waals surface area contributed by atoms with Crippen LogP contribution in [0.2, 0.25) is 0 Å². The molecule has 2 heterocycles. The number of carbonyl (C=O) groups excluding carboxylic acids is 6. The molecule has 5 N–H and O–H groups in total. The molecule has 0 bridgehead atoms. The Morgan fingerprint density at radius 3 is 2.22 bits per heavy atom. The van der Waals surface area contributed by atoms with Crippen molar-refractivity contribution in [2.75, 3.05) is 55.7 Å². The summed E-state index contributed by atoms with van der Waals surface area (Å²) in [6, 6.07) is 13.8. The van der Waals surface area contributed by atoms with Crippen molar-refractivity contribution < 1.29 is 55.9 Å². The lowest BCUT2D eigenvalue weighted by atomic mass is 9.83. The molecule has 2 aromatic carbocycles. The molecule has 0 fully saturated rings. The first-order valence-corrected chi connectivity index (χ1v) is 23.9. The van der Waals surface area contributed by atoms with Gasteiger partial charge < -0.3 is 30.9 Å². The van der Waals surface area contributed by atoms with E-state index in [4.69, 9.17) is 10.8 Å². The highest BCUT2D eigenvalue weighted by atomic mass is 32.2. The molecule has 5 amide bonds. The Bertz CT molecular complexity index is 2330. The van der Waals surface area contributed by atoms with Crippen LogP contribution in [0.4, 0.5) is 8.78 Å². The van der Waals surface area contributed by atoms with E-state index in [-0.39, 0.29) is 62.0 Å². The molecule has 1 aromatic heterocycles. The number of carboxylic acids is 1. The molecule has 1 aliphatic rings. The number of nitrogens with one attached hydrogen (secondary N) is 2. The van der Waals surface area contributed by atoms with E-state index in [0.29, 0.717) is 29.1 Å². The zero-order chi connectivity index (χ0) is 47.9. The van der Waals surface area contributed by atoms with Crippen LogP contribution in [0.3, 0.4) is 0 Å². The minimum absolute atomic E-state index is 0.0511. The lowest BCUT2D eigenvalue weighted by Crippen LogP contribution is -2.44. The molecular weight excluding hydrogens is 887 g/mol. The summed E-state index contributed by atoms with van der Waals surface area (Å²) in [5.74, 6) is -8.39. The third kappa shape index (κ3) is 16.0. The number of carbonyl (C=O) groups is 7. The van der Waals surface area contributed by atoms with Crippen molar-refractivity contribution in [2.45, 2.75) is 59.0 Å². The van der Waals surface area contributed by atoms with Crippen LogP contribution < -0.4 is 16.4 Å². The average molecular weight is 943 g/mol. The van der Waals surface area contributed by atoms with E-state index < -0.39 is 98.7 Å². The van der Waals surface area contributed by atoms with Gasteiger partial charge in [0, 0.05) is 79.9 Å². The summed E-state index contributed by atoms with van der Waals surface area (Å²) < 4.78 is 57.0. The highest BCUT2D eigenvalue weighted by Crippen LogP contribution is 2.41. The predicted octanol–water partition coefficient (Wildman–Crippen LogP) is 3.49. The first kappa shape index (κ1) is 51.9. The van der Waals surface area contributed by atoms with Gasteiger partial charge >= 0.3 is 5.97 Å². The molecule has 3 aromatic rings. The van der Waals surface area contributed by atoms with Crippen LogP contribution in [-0.4, -0.2) is 125 Å². The normalized spacial score (nSPS) is 13.7. The fourth-order valence-electron chi connectivity index (χ4n) is 7.20. The van der Waals surface area contributed by atoms with Gasteiger partial charge in [0.2, 0.25) is 17.7 Å². The summed E-state index contributed by atoms with van der Waals surface area (Å²) in [6.45, 7) is 5.43. The number of benzene rings is 2. The van der Waals surface area contributed by atoms with E-state index in [1.54, 1.807) is 17.2 Å². The Morgan fingerprint density at radius 2 is 1.58 bits per heavy atom. The topological polar surface area (TPSA) is 235 Å². The lowest BCUT2D eigenvalue weighted by molar-refractivity contribution is -0.141. The first-order chi connectivity index (χ1) is 30.7. The number of aromatic nitrogens is 1. The number of hydrogen-bond donors (Lipinski definition) is 4. The average Bonchev–Trinajstić information content (AvgIpc) is 3.78. The second kappa shape index (κ2) is 24.0. The SMILES string of the molecule is CC(C)(C)[C@H](c1cc(-c2cc(F)ccc2F)cn1Cc1ccccc1)N(CCCN)C(=O)CSC[C@H](CC(=O)CCC(=O)O)C(=O)NCCS(=O)(=O)CCNC(=O)CN1C(=O)C=CC1=O. The molecule has 0 saturated carbocycles. The fraction of sp³-hybridized carbons (Fsp3) is 0.444. The van der Waals surface area contributed by atoms with Crippen molar-refractivity contribution in [3.63, 3.8) is 0 Å². The van der Waals surface area contributed by atoms with E-state index in [1.807, 2.05) is 55.7 Å². The molecule has 0 unspecified atom stereocenters. The number of halogens is 2. The Hall–Kier alpha value is -5.73. The molecule has 0 aliphatic carbocycles. The highest BCUT2D eigenvalue weighted by Gasteiger charge is 2.37. The molecule has 20 heteroatoms. The summed E-state index contributed by atoms with van der Waals surface area (Å²) in [5.41, 5.74) is 7.36. The van der Waals surface area contributed by atoms with E-state index in [9.17, 15) is 46.4 Å². The van der Waals surface area contributed by atoms with E-state index in [0.717, 1.165) is 47.7 Å². The highest BCUT2D eigenvalue weighted by molar-refractivity contribution is 7.99. The second-order valence-corrected chi connectivity index (χ2v) is 20.0. The van der Waals surface area contributed by atoms with Crippen LogP contribution in [0.25, 0.3) is 11.1 Å². The number of thioether (sulfide) groups is 1. The van der Waals surface area contributed by atoms with Gasteiger partial charge in [0.15, 0.2) is 9.84 Å². The van der Waals surface area contributed by atoms with Crippen LogP contribution in [0.15, 0.2) is 72.9 Å². The molecule has 4 rings (SSSR count). The summed E-state index contributed by atoms with van der Waals surface area (Å²) >= 11 is 1.07. The number of aliphatic carboxylic acids is 1. The zero-order valence-electron chi connectivity index (χ0n) is 36.6. The largest absolute Gasteiger partial charge is 0.481 e. The third-order valence-electron chi connectivity index (χ3n) is 10.4. The van der Waals surface area contributed by atoms with Crippen molar-refractivity contribution in [1.29, 1.82) is 0 Å². The molecule has 1 aliphatic heterocycles. The Labute approximate surface area is 381 Å². The van der Waals surface area contributed by atoms with Gasteiger partial charge in [-0.05, 0) is 48.2 Å². The minimum atomic E-state index is -3.84. The molecule has 0 spiro atoms. The first-order valence-electron chi connectivity index (χ1n) is 21.0. The monoisotopic (exact) mass is 942 g/mol. The lowest BCUT2D eigenvalue weighted by Gasteiger charge is -2.41. The van der Waals surface area contributed by atoms with Crippen molar-refractivity contribution >= 4 is 62.9 Å². The van der Waals surface area contributed by atoms with Crippen LogP contribution in [0.1, 0.15) is 63.8 Å². The molecule has 0 radical (unpaired) electrons. The van der Waals surface area contributed by atoms with Crippen molar-refractivity contribution in [3.8, 4) is 11.1 Å². The van der Waals surface area contributed by atoms with Gasteiger partial charge in [0.05, 0.1) is 35.6 Å². The minimum Gasteiger partial charge on any atom is -0.481 e. The van der Waals surface area contributed by atoms with Crippen LogP contribution in [0.5, 0.6) is 0 Å². The number of amides is 5. The maximum absolute atomic E-state index is 15.2. The number of carboxylic acid groups (broad SMARTS) is 1. The standard InChI is InChI=1S/C45H56F2N6O10S2/c1-45(2,3)43(37-23-31(35-24-33(46)10-12-36(35)47)26-51(37)25-30-8-5-4-6-9-30)52(19-7-16-48)41(58)29-64-28-32(22-34(54)11-15-42(59)60)44(61)50-18-21-65(62,63)20-17-49-38(55)27-53-39(56)13-14-40(53)57/h4-6,8-10,12-14,23-24,26,32,43H,7,11,15-22,25,27-29,48H2,1-3H3,(H,49,55)(H,50,61)(H,59,60)/t32-,43-/m0/s1. The second-order valence-electron chi connectivity index (χ2n) is 16.6. The number of nitrogens with zero attached hydrogens (tertiary/aromatic N) is 3. The van der Waals surface area contributed by atoms with Crippen LogP contribution >= 0.6 is 11.8 Å². The maximum Gasteiger partial charge on any atom is 0.303 e. The number of nitrogens with two attached hydrogens (primary N) is 1. The summed E-state index contributed by atoms with van der Waals surface area (Å²) in [4.78, 5) is 89.8. The third-order valence-corrected chi connectivity index (χ3v) is 13.1. The Morgan fingerprint density at radius 1 is 0.923 bits per heavy atom. The van der Waals surface area contributed by atoms with Crippen LogP contribution in [-0.2, 0) is 49.9 Å². The molecule has 16 nitrogen and oxygen atoms in total. The number of rotatable bonds is 26. The zero-order valence-corrected chi connectivity index (χ0v) is 38.2. The van der Waals surface area contributed by atoms with Gasteiger partial charge in [0.1, 0.15) is 24.0 Å². The van der Waals surface area contributed by atoms with Crippen molar-refractivity contribution in [3.05, 3.63) is 95.8 Å². The van der Waals surface area contributed by atoms with E-state index in [2.05, 4.69) is 10.6 Å². The van der Waals surface area contributed by atoms with Crippen molar-refractivity contribution in [2.24, 2.45) is 17.1 Å². The number of hydrogen-bond acceptors (Lipinski definition) is 11. The molecule has 65 heavy (non-hydrogen) atoms. The number of ketones is 1. The van der Waals surface area contributed by atoms with Gasteiger partial charge in [0.25, 0.3) is 11.8 Å². The quantitative estimate of drug-likeness (QED) is 0.0848. The fourth-order valence-corrected chi connectivity index (χ4v) is 9.24. The summed E-state index contributed by atoms with van der Waals surface area (Å²) in [5, 5.41) is 14.0. The van der Waals surface area contributed by atoms with E-state index in [1.165, 1.54) is 0 Å². The molecule has 2 atom stereocenters. The summed E-state index contributed by atoms with van der Waals surface area (Å²) in [7, 11) is -3.84. The Kier molecular flexibility index (Phi) is 19.1. The van der Waals surface area contributed by atoms with Gasteiger partial charge in [-0.3, -0.25) is 38.5 Å². The smallest absolute Gasteiger partial charge is 0.303 e.